The van der Waals surface area contributed by atoms with E-state index in [9.17, 15) is 14.9 Å². The number of anilines is 1. The Morgan fingerprint density at radius 1 is 1.43 bits per heavy atom. The van der Waals surface area contributed by atoms with Crippen molar-refractivity contribution in [2.45, 2.75) is 32.7 Å². The third-order valence-electron chi connectivity index (χ3n) is 2.51. The molecule has 1 rings (SSSR count). The summed E-state index contributed by atoms with van der Waals surface area (Å²) < 4.78 is 0. The van der Waals surface area contributed by atoms with E-state index >= 15 is 0 Å². The van der Waals surface area contributed by atoms with Crippen LogP contribution in [0.4, 0.5) is 11.4 Å². The largest absolute Gasteiger partial charge is 0.379 e. The summed E-state index contributed by atoms with van der Waals surface area (Å²) >= 11 is 0. The fourth-order valence-corrected chi connectivity index (χ4v) is 1.69. The number of nitro benzene ring substituents is 1. The van der Waals surface area contributed by atoms with Crippen molar-refractivity contribution in [3.63, 3.8) is 0 Å². The van der Waals surface area contributed by atoms with Crippen LogP contribution in [0.1, 0.15) is 32.8 Å². The number of nitrogens with zero attached hydrogens (tertiary/aromatic N) is 2. The number of hydrogen-bond acceptors (Lipinski definition) is 5. The van der Waals surface area contributed by atoms with Gasteiger partial charge in [-0.3, -0.25) is 14.9 Å². The Bertz CT molecular complexity index is 585. The molecule has 0 aliphatic heterocycles. The molecule has 0 atom stereocenters. The molecular formula is C14H18N4O3. The summed E-state index contributed by atoms with van der Waals surface area (Å²) in [7, 11) is 0. The van der Waals surface area contributed by atoms with Crippen LogP contribution >= 0.6 is 0 Å². The first-order chi connectivity index (χ1) is 9.73. The SMILES string of the molecule is CC(C)(C)NC(=O)CCNc1ccc(C#N)cc1[N+](=O)[O-]. The Morgan fingerprint density at radius 3 is 2.62 bits per heavy atom. The molecule has 0 unspecified atom stereocenters. The average molecular weight is 290 g/mol. The standard InChI is InChI=1S/C14H18N4O3/c1-14(2,3)17-13(19)6-7-16-11-5-4-10(9-15)8-12(11)18(20)21/h4-5,8,16H,6-7H2,1-3H3,(H,17,19). The van der Waals surface area contributed by atoms with Crippen molar-refractivity contribution < 1.29 is 9.72 Å². The first-order valence-electron chi connectivity index (χ1n) is 6.46. The van der Waals surface area contributed by atoms with Crippen LogP contribution in [0.15, 0.2) is 18.2 Å². The quantitative estimate of drug-likeness (QED) is 0.638. The van der Waals surface area contributed by atoms with Crippen molar-refractivity contribution in [1.82, 2.24) is 5.32 Å². The third kappa shape index (κ3) is 5.48. The fourth-order valence-electron chi connectivity index (χ4n) is 1.69. The summed E-state index contributed by atoms with van der Waals surface area (Å²) in [6.07, 6.45) is 0.203. The number of nitriles is 1. The van der Waals surface area contributed by atoms with Crippen molar-refractivity contribution in [3.05, 3.63) is 33.9 Å². The van der Waals surface area contributed by atoms with Gasteiger partial charge in [0.15, 0.2) is 0 Å². The van der Waals surface area contributed by atoms with E-state index in [0.717, 1.165) is 0 Å². The number of nitro groups is 1. The Labute approximate surface area is 123 Å². The molecule has 0 bridgehead atoms. The molecule has 0 radical (unpaired) electrons. The smallest absolute Gasteiger partial charge is 0.293 e. The summed E-state index contributed by atoms with van der Waals surface area (Å²) in [6.45, 7) is 5.91. The van der Waals surface area contributed by atoms with Gasteiger partial charge in [0.05, 0.1) is 16.6 Å². The summed E-state index contributed by atoms with van der Waals surface area (Å²) in [5.41, 5.74) is 0.0305. The molecule has 2 N–H and O–H groups in total. The molecule has 0 fully saturated rings. The predicted molar refractivity (Wildman–Crippen MR) is 78.8 cm³/mol. The van der Waals surface area contributed by atoms with Crippen molar-refractivity contribution in [3.8, 4) is 6.07 Å². The van der Waals surface area contributed by atoms with Gasteiger partial charge in [0.25, 0.3) is 5.69 Å². The highest BCUT2D eigenvalue weighted by molar-refractivity contribution is 5.77. The zero-order valence-corrected chi connectivity index (χ0v) is 12.3. The molecule has 1 amide bonds. The van der Waals surface area contributed by atoms with Crippen LogP contribution in [-0.2, 0) is 4.79 Å². The normalized spacial score (nSPS) is 10.6. The van der Waals surface area contributed by atoms with Crippen LogP contribution < -0.4 is 10.6 Å². The lowest BCUT2D eigenvalue weighted by Gasteiger charge is -2.20. The lowest BCUT2D eigenvalue weighted by molar-refractivity contribution is -0.384. The molecule has 1 aromatic rings. The molecule has 0 heterocycles. The molecule has 0 spiro atoms. The predicted octanol–water partition coefficient (Wildman–Crippen LogP) is 2.18. The van der Waals surface area contributed by atoms with Gasteiger partial charge in [-0.05, 0) is 32.9 Å². The highest BCUT2D eigenvalue weighted by Gasteiger charge is 2.16. The van der Waals surface area contributed by atoms with Gasteiger partial charge in [-0.25, -0.2) is 0 Å². The van der Waals surface area contributed by atoms with Crippen LogP contribution in [0, 0.1) is 21.4 Å². The number of benzene rings is 1. The average Bonchev–Trinajstić information content (AvgIpc) is 2.36. The number of rotatable bonds is 5. The number of carbonyl (C=O) groups is 1. The van der Waals surface area contributed by atoms with Gasteiger partial charge >= 0.3 is 0 Å². The lowest BCUT2D eigenvalue weighted by Crippen LogP contribution is -2.41. The minimum Gasteiger partial charge on any atom is -0.379 e. The van der Waals surface area contributed by atoms with E-state index in [1.807, 2.05) is 26.8 Å². The topological polar surface area (TPSA) is 108 Å². The second-order valence-corrected chi connectivity index (χ2v) is 5.58. The second kappa shape index (κ2) is 6.70. The van der Waals surface area contributed by atoms with Crippen molar-refractivity contribution in [2.75, 3.05) is 11.9 Å². The van der Waals surface area contributed by atoms with Crippen LogP contribution in [-0.4, -0.2) is 22.9 Å². The molecule has 21 heavy (non-hydrogen) atoms. The van der Waals surface area contributed by atoms with Gasteiger partial charge in [0.1, 0.15) is 5.69 Å². The van der Waals surface area contributed by atoms with E-state index in [1.165, 1.54) is 18.2 Å². The molecule has 1 aromatic carbocycles. The monoisotopic (exact) mass is 290 g/mol. The summed E-state index contributed by atoms with van der Waals surface area (Å²) in [6, 6.07) is 6.02. The van der Waals surface area contributed by atoms with Gasteiger partial charge in [0, 0.05) is 24.6 Å². The lowest BCUT2D eigenvalue weighted by atomic mass is 10.1. The van der Waals surface area contributed by atoms with Crippen molar-refractivity contribution >= 4 is 17.3 Å². The van der Waals surface area contributed by atoms with E-state index in [1.54, 1.807) is 0 Å². The molecule has 112 valence electrons. The van der Waals surface area contributed by atoms with Crippen LogP contribution in [0.25, 0.3) is 0 Å². The molecule has 7 nitrogen and oxygen atoms in total. The van der Waals surface area contributed by atoms with E-state index in [4.69, 9.17) is 5.26 Å². The maximum absolute atomic E-state index is 11.6. The van der Waals surface area contributed by atoms with E-state index in [-0.39, 0.29) is 35.7 Å². The molecule has 0 saturated heterocycles. The summed E-state index contributed by atoms with van der Waals surface area (Å²) in [4.78, 5) is 22.0. The number of hydrogen-bond donors (Lipinski definition) is 2. The summed E-state index contributed by atoms with van der Waals surface area (Å²) in [5, 5.41) is 25.4. The van der Waals surface area contributed by atoms with E-state index < -0.39 is 4.92 Å². The van der Waals surface area contributed by atoms with Crippen LogP contribution in [0.5, 0.6) is 0 Å². The van der Waals surface area contributed by atoms with E-state index in [0.29, 0.717) is 5.69 Å². The van der Waals surface area contributed by atoms with Crippen molar-refractivity contribution in [2.24, 2.45) is 0 Å². The highest BCUT2D eigenvalue weighted by atomic mass is 16.6. The molecule has 7 heteroatoms. The Morgan fingerprint density at radius 2 is 2.10 bits per heavy atom. The Kier molecular flexibility index (Phi) is 5.24. The first kappa shape index (κ1) is 16.4. The molecule has 0 aliphatic rings. The van der Waals surface area contributed by atoms with Gasteiger partial charge in [-0.1, -0.05) is 0 Å². The first-order valence-corrected chi connectivity index (χ1v) is 6.46. The minimum absolute atomic E-state index is 0.133. The maximum Gasteiger partial charge on any atom is 0.293 e. The minimum atomic E-state index is -0.557. The Hall–Kier alpha value is -2.62. The van der Waals surface area contributed by atoms with Crippen LogP contribution in [0.3, 0.4) is 0 Å². The molecular weight excluding hydrogens is 272 g/mol. The van der Waals surface area contributed by atoms with Gasteiger partial charge in [-0.2, -0.15) is 5.26 Å². The number of nitrogens with one attached hydrogen (secondary N) is 2. The highest BCUT2D eigenvalue weighted by Crippen LogP contribution is 2.25. The number of amides is 1. The molecule has 0 aromatic heterocycles. The zero-order valence-electron chi connectivity index (χ0n) is 12.3. The van der Waals surface area contributed by atoms with Gasteiger partial charge in [0.2, 0.25) is 5.91 Å². The van der Waals surface area contributed by atoms with Crippen LogP contribution in [0.2, 0.25) is 0 Å². The maximum atomic E-state index is 11.6. The second-order valence-electron chi connectivity index (χ2n) is 5.58. The molecule has 0 aliphatic carbocycles. The zero-order chi connectivity index (χ0) is 16.0. The van der Waals surface area contributed by atoms with E-state index in [2.05, 4.69) is 10.6 Å². The molecule has 0 saturated carbocycles. The van der Waals surface area contributed by atoms with Gasteiger partial charge in [-0.15, -0.1) is 0 Å². The van der Waals surface area contributed by atoms with Gasteiger partial charge < -0.3 is 10.6 Å². The van der Waals surface area contributed by atoms with Crippen molar-refractivity contribution in [1.29, 1.82) is 5.26 Å². The third-order valence-corrected chi connectivity index (χ3v) is 2.51. The fraction of sp³-hybridized carbons (Fsp3) is 0.429. The number of carbonyl (C=O) groups excluding carboxylic acids is 1. The summed E-state index contributed by atoms with van der Waals surface area (Å²) in [5.74, 6) is -0.133. The Balaban J connectivity index is 2.66.